The summed E-state index contributed by atoms with van der Waals surface area (Å²) < 4.78 is 21.5. The van der Waals surface area contributed by atoms with E-state index in [9.17, 15) is 14.0 Å². The van der Waals surface area contributed by atoms with E-state index in [0.717, 1.165) is 19.3 Å². The van der Waals surface area contributed by atoms with Crippen LogP contribution in [0.2, 0.25) is 0 Å². The number of nitrogens with two attached hydrogens (primary N) is 1. The molecule has 0 saturated heterocycles. The lowest BCUT2D eigenvalue weighted by molar-refractivity contribution is 0.0524. The summed E-state index contributed by atoms with van der Waals surface area (Å²) in [6, 6.07) is 3.30. The number of ether oxygens (including phenoxy) is 1. The van der Waals surface area contributed by atoms with Crippen LogP contribution in [0.1, 0.15) is 54.1 Å². The van der Waals surface area contributed by atoms with Crippen molar-refractivity contribution in [1.82, 2.24) is 4.57 Å². The van der Waals surface area contributed by atoms with Gasteiger partial charge in [-0.3, -0.25) is 4.79 Å². The van der Waals surface area contributed by atoms with E-state index in [1.165, 1.54) is 6.07 Å². The average Bonchev–Trinajstić information content (AvgIpc) is 3.48. The zero-order valence-corrected chi connectivity index (χ0v) is 14.1. The van der Waals surface area contributed by atoms with Crippen molar-refractivity contribution in [3.63, 3.8) is 0 Å². The molecule has 2 aliphatic carbocycles. The van der Waals surface area contributed by atoms with Gasteiger partial charge in [-0.25, -0.2) is 9.18 Å². The number of hydrogen-bond donors (Lipinski definition) is 1. The first kappa shape index (κ1) is 16.3. The zero-order valence-electron chi connectivity index (χ0n) is 14.1. The second-order valence-corrected chi connectivity index (χ2v) is 6.96. The minimum absolute atomic E-state index is 0.0281. The molecule has 2 unspecified atom stereocenters. The molecule has 6 heteroatoms. The molecule has 1 aromatic heterocycles. The van der Waals surface area contributed by atoms with E-state index in [4.69, 9.17) is 10.5 Å². The van der Waals surface area contributed by atoms with Gasteiger partial charge in [-0.2, -0.15) is 0 Å². The average molecular weight is 344 g/mol. The van der Waals surface area contributed by atoms with Crippen LogP contribution in [0, 0.1) is 11.7 Å². The molecule has 0 bridgehead atoms. The van der Waals surface area contributed by atoms with E-state index < -0.39 is 17.2 Å². The molecule has 132 valence electrons. The molecule has 1 heterocycles. The minimum Gasteiger partial charge on any atom is -0.462 e. The van der Waals surface area contributed by atoms with Gasteiger partial charge in [0.05, 0.1) is 12.1 Å². The number of nitrogens with zero attached hydrogens (tertiary/aromatic N) is 1. The first-order chi connectivity index (χ1) is 12.0. The molecule has 25 heavy (non-hydrogen) atoms. The van der Waals surface area contributed by atoms with Crippen molar-refractivity contribution in [2.45, 2.75) is 38.1 Å². The highest BCUT2D eigenvalue weighted by molar-refractivity contribution is 5.94. The number of carbonyl (C=O) groups excluding carboxylic acids is 1. The lowest BCUT2D eigenvalue weighted by Crippen LogP contribution is -2.21. The summed E-state index contributed by atoms with van der Waals surface area (Å²) in [5.41, 5.74) is 6.51. The van der Waals surface area contributed by atoms with Crippen LogP contribution in [-0.4, -0.2) is 23.7 Å². The number of halogens is 1. The fourth-order valence-electron chi connectivity index (χ4n) is 3.57. The number of hydrogen-bond acceptors (Lipinski definition) is 4. The van der Waals surface area contributed by atoms with E-state index in [-0.39, 0.29) is 29.5 Å². The van der Waals surface area contributed by atoms with Crippen LogP contribution in [0.3, 0.4) is 0 Å². The minimum atomic E-state index is -0.654. The number of rotatable bonds is 5. The van der Waals surface area contributed by atoms with Gasteiger partial charge in [0, 0.05) is 17.6 Å². The number of esters is 1. The molecule has 0 amide bonds. The monoisotopic (exact) mass is 344 g/mol. The molecule has 2 aliphatic rings. The summed E-state index contributed by atoms with van der Waals surface area (Å²) in [4.78, 5) is 24.8. The lowest BCUT2D eigenvalue weighted by Gasteiger charge is -2.14. The van der Waals surface area contributed by atoms with Crippen molar-refractivity contribution in [1.29, 1.82) is 0 Å². The Morgan fingerprint density at radius 1 is 1.40 bits per heavy atom. The Labute approximate surface area is 144 Å². The van der Waals surface area contributed by atoms with Gasteiger partial charge in [0.2, 0.25) is 5.43 Å². The Hall–Kier alpha value is -2.21. The van der Waals surface area contributed by atoms with Crippen molar-refractivity contribution in [3.8, 4) is 0 Å². The van der Waals surface area contributed by atoms with E-state index in [1.807, 2.05) is 4.57 Å². The molecule has 2 saturated carbocycles. The maximum Gasteiger partial charge on any atom is 0.343 e. The maximum absolute atomic E-state index is 14.6. The van der Waals surface area contributed by atoms with Crippen molar-refractivity contribution in [2.24, 2.45) is 11.7 Å². The van der Waals surface area contributed by atoms with Gasteiger partial charge in [-0.15, -0.1) is 0 Å². The second-order valence-electron chi connectivity index (χ2n) is 6.96. The van der Waals surface area contributed by atoms with E-state index in [1.54, 1.807) is 19.2 Å². The largest absolute Gasteiger partial charge is 0.462 e. The molecule has 0 spiro atoms. The summed E-state index contributed by atoms with van der Waals surface area (Å²) in [5, 5.41) is 0.239. The van der Waals surface area contributed by atoms with Gasteiger partial charge < -0.3 is 15.0 Å². The van der Waals surface area contributed by atoms with Gasteiger partial charge in [-0.1, -0.05) is 0 Å². The number of fused-ring (bicyclic) bond motifs is 1. The molecular formula is C19H21FN2O3. The predicted molar refractivity (Wildman–Crippen MR) is 92.3 cm³/mol. The Morgan fingerprint density at radius 3 is 2.76 bits per heavy atom. The number of pyridine rings is 1. The first-order valence-electron chi connectivity index (χ1n) is 8.80. The second kappa shape index (κ2) is 5.95. The summed E-state index contributed by atoms with van der Waals surface area (Å²) in [5.74, 6) is -0.610. The summed E-state index contributed by atoms with van der Waals surface area (Å²) in [6.07, 6.45) is 4.44. The molecule has 4 rings (SSSR count). The smallest absolute Gasteiger partial charge is 0.343 e. The van der Waals surface area contributed by atoms with Crippen LogP contribution < -0.4 is 11.2 Å². The number of carbonyl (C=O) groups is 1. The van der Waals surface area contributed by atoms with Gasteiger partial charge >= 0.3 is 5.97 Å². The molecule has 2 aromatic rings. The van der Waals surface area contributed by atoms with Crippen LogP contribution in [0.4, 0.5) is 4.39 Å². The van der Waals surface area contributed by atoms with Crippen molar-refractivity contribution < 1.29 is 13.9 Å². The normalized spacial score (nSPS) is 22.2. The van der Waals surface area contributed by atoms with Crippen molar-refractivity contribution in [2.75, 3.05) is 13.2 Å². The van der Waals surface area contributed by atoms with Gasteiger partial charge in [0.1, 0.15) is 11.4 Å². The molecule has 0 aliphatic heterocycles. The van der Waals surface area contributed by atoms with E-state index >= 15 is 0 Å². The predicted octanol–water partition coefficient (Wildman–Crippen LogP) is 2.71. The maximum atomic E-state index is 14.6. The molecule has 2 fully saturated rings. The van der Waals surface area contributed by atoms with Crippen LogP contribution in [-0.2, 0) is 4.74 Å². The highest BCUT2D eigenvalue weighted by Gasteiger charge is 2.39. The first-order valence-corrected chi connectivity index (χ1v) is 8.80. The Balaban J connectivity index is 1.91. The van der Waals surface area contributed by atoms with Crippen molar-refractivity contribution >= 4 is 16.9 Å². The van der Waals surface area contributed by atoms with Crippen LogP contribution in [0.15, 0.2) is 23.1 Å². The van der Waals surface area contributed by atoms with Crippen molar-refractivity contribution in [3.05, 3.63) is 45.5 Å². The topological polar surface area (TPSA) is 74.3 Å². The third-order valence-electron chi connectivity index (χ3n) is 5.21. The van der Waals surface area contributed by atoms with E-state index in [2.05, 4.69) is 0 Å². The van der Waals surface area contributed by atoms with Crippen LogP contribution >= 0.6 is 0 Å². The molecular weight excluding hydrogens is 323 g/mol. The number of benzene rings is 1. The third-order valence-corrected chi connectivity index (χ3v) is 5.21. The molecule has 1 aromatic carbocycles. The lowest BCUT2D eigenvalue weighted by atomic mass is 10.0. The summed E-state index contributed by atoms with van der Waals surface area (Å²) >= 11 is 0. The highest BCUT2D eigenvalue weighted by atomic mass is 19.1. The Bertz CT molecular complexity index is 917. The Morgan fingerprint density at radius 2 is 2.16 bits per heavy atom. The standard InChI is InChI=1S/C19H21FN2O3/c1-2-25-19(24)15-9-22(11-3-4-11)17-7-13(12-5-10(12)8-21)16(20)6-14(17)18(15)23/h6-7,9-12H,2-5,8,21H2,1H3. The Kier molecular flexibility index (Phi) is 3.87. The zero-order chi connectivity index (χ0) is 17.7. The molecule has 2 N–H and O–H groups in total. The third kappa shape index (κ3) is 2.74. The highest BCUT2D eigenvalue weighted by Crippen LogP contribution is 2.48. The molecule has 0 radical (unpaired) electrons. The molecule has 2 atom stereocenters. The summed E-state index contributed by atoms with van der Waals surface area (Å²) in [6.45, 7) is 2.42. The fraction of sp³-hybridized carbons (Fsp3) is 0.474. The van der Waals surface area contributed by atoms with Gasteiger partial charge in [0.15, 0.2) is 0 Å². The van der Waals surface area contributed by atoms with Gasteiger partial charge in [0.25, 0.3) is 0 Å². The molecule has 5 nitrogen and oxygen atoms in total. The van der Waals surface area contributed by atoms with Gasteiger partial charge in [-0.05, 0) is 62.3 Å². The summed E-state index contributed by atoms with van der Waals surface area (Å²) in [7, 11) is 0. The number of aromatic nitrogens is 1. The quantitative estimate of drug-likeness (QED) is 0.847. The SMILES string of the molecule is CCOC(=O)c1cn(C2CC2)c2cc(C3CC3CN)c(F)cc2c1=O. The van der Waals surface area contributed by atoms with Crippen LogP contribution in [0.5, 0.6) is 0 Å². The fourth-order valence-corrected chi connectivity index (χ4v) is 3.57. The van der Waals surface area contributed by atoms with E-state index in [0.29, 0.717) is 23.5 Å². The van der Waals surface area contributed by atoms with Crippen LogP contribution in [0.25, 0.3) is 10.9 Å².